The first kappa shape index (κ1) is 20.7. The summed E-state index contributed by atoms with van der Waals surface area (Å²) in [7, 11) is -4.03. The number of hydrogen-bond donors (Lipinski definition) is 0. The topological polar surface area (TPSA) is 44.8 Å². The van der Waals surface area contributed by atoms with Gasteiger partial charge in [0.15, 0.2) is 11.5 Å². The summed E-state index contributed by atoms with van der Waals surface area (Å²) >= 11 is 23.8. The van der Waals surface area contributed by atoms with Crippen LogP contribution in [0.1, 0.15) is 19.8 Å². The average molecular weight is 444 g/mol. The van der Waals surface area contributed by atoms with Crippen molar-refractivity contribution in [2.24, 2.45) is 0 Å². The van der Waals surface area contributed by atoms with Crippen LogP contribution in [0, 0.1) is 0 Å². The molecule has 0 saturated heterocycles. The third kappa shape index (κ3) is 6.25. The number of halogens is 4. The van der Waals surface area contributed by atoms with Gasteiger partial charge in [-0.15, -0.1) is 0 Å². The molecule has 0 N–H and O–H groups in total. The van der Waals surface area contributed by atoms with E-state index in [9.17, 15) is 4.57 Å². The van der Waals surface area contributed by atoms with Crippen molar-refractivity contribution >= 4 is 54.2 Å². The van der Waals surface area contributed by atoms with Gasteiger partial charge in [-0.3, -0.25) is 4.52 Å². The quantitative estimate of drug-likeness (QED) is 0.310. The van der Waals surface area contributed by atoms with Gasteiger partial charge in [-0.2, -0.15) is 0 Å². The molecule has 2 aromatic carbocycles. The molecular formula is C16H15Cl4O4P. The standard InChI is InChI=1S/C16H15Cl4O4P/c1-2-3-8-22-25(21,23-15-6-4-11(17)9-13(15)19)24-16-7-5-12(18)10-14(16)20/h4-7,9-10H,2-3,8H2,1H3. The molecule has 4 nitrogen and oxygen atoms in total. The lowest BCUT2D eigenvalue weighted by Gasteiger charge is -2.20. The number of phosphoric ester groups is 1. The predicted octanol–water partition coefficient (Wildman–Crippen LogP) is 7.68. The molecule has 0 amide bonds. The van der Waals surface area contributed by atoms with Crippen LogP contribution in [-0.2, 0) is 9.09 Å². The maximum absolute atomic E-state index is 13.1. The van der Waals surface area contributed by atoms with Crippen LogP contribution in [0.15, 0.2) is 36.4 Å². The average Bonchev–Trinajstić information content (AvgIpc) is 2.53. The summed E-state index contributed by atoms with van der Waals surface area (Å²) in [4.78, 5) is 0. The van der Waals surface area contributed by atoms with E-state index in [2.05, 4.69) is 0 Å². The van der Waals surface area contributed by atoms with E-state index < -0.39 is 7.82 Å². The molecule has 0 unspecified atom stereocenters. The van der Waals surface area contributed by atoms with Crippen LogP contribution in [0.2, 0.25) is 20.1 Å². The van der Waals surface area contributed by atoms with E-state index in [1.54, 1.807) is 12.1 Å². The van der Waals surface area contributed by atoms with Crippen LogP contribution in [0.4, 0.5) is 0 Å². The summed E-state index contributed by atoms with van der Waals surface area (Å²) in [5.41, 5.74) is 0. The van der Waals surface area contributed by atoms with Crippen LogP contribution >= 0.6 is 54.2 Å². The van der Waals surface area contributed by atoms with Crippen LogP contribution < -0.4 is 9.05 Å². The molecule has 0 radical (unpaired) electrons. The Morgan fingerprint density at radius 3 is 1.76 bits per heavy atom. The first-order valence-electron chi connectivity index (χ1n) is 7.37. The van der Waals surface area contributed by atoms with Gasteiger partial charge in [-0.1, -0.05) is 59.7 Å². The summed E-state index contributed by atoms with van der Waals surface area (Å²) in [6.45, 7) is 2.16. The fraction of sp³-hybridized carbons (Fsp3) is 0.250. The van der Waals surface area contributed by atoms with Crippen LogP contribution in [-0.4, -0.2) is 6.61 Å². The number of unbranched alkanes of at least 4 members (excludes halogenated alkanes) is 1. The zero-order valence-corrected chi connectivity index (χ0v) is 17.1. The number of phosphoric acid groups is 1. The van der Waals surface area contributed by atoms with E-state index in [1.807, 2.05) is 6.92 Å². The maximum atomic E-state index is 13.1. The third-order valence-corrected chi connectivity index (χ3v) is 5.36. The van der Waals surface area contributed by atoms with Gasteiger partial charge in [0.25, 0.3) is 0 Å². The molecule has 0 spiro atoms. The molecule has 0 aromatic heterocycles. The minimum absolute atomic E-state index is 0.121. The molecule has 0 fully saturated rings. The van der Waals surface area contributed by atoms with Gasteiger partial charge < -0.3 is 9.05 Å². The Balaban J connectivity index is 2.27. The zero-order valence-electron chi connectivity index (χ0n) is 13.2. The van der Waals surface area contributed by atoms with Crippen molar-refractivity contribution in [1.82, 2.24) is 0 Å². The number of hydrogen-bond acceptors (Lipinski definition) is 4. The molecule has 136 valence electrons. The normalized spacial score (nSPS) is 11.4. The largest absolute Gasteiger partial charge is 0.587 e. The fourth-order valence-corrected chi connectivity index (χ4v) is 4.03. The Morgan fingerprint density at radius 2 is 1.36 bits per heavy atom. The molecule has 0 saturated carbocycles. The molecule has 0 atom stereocenters. The molecule has 9 heteroatoms. The maximum Gasteiger partial charge on any atom is 0.587 e. The highest BCUT2D eigenvalue weighted by Crippen LogP contribution is 2.52. The first-order chi connectivity index (χ1) is 11.8. The predicted molar refractivity (Wildman–Crippen MR) is 103 cm³/mol. The Kier molecular flexibility index (Phi) is 7.75. The molecular weight excluding hydrogens is 429 g/mol. The summed E-state index contributed by atoms with van der Waals surface area (Å²) < 4.78 is 29.3. The fourth-order valence-electron chi connectivity index (χ4n) is 1.73. The van der Waals surface area contributed by atoms with Crippen molar-refractivity contribution in [2.75, 3.05) is 6.61 Å². The summed E-state index contributed by atoms with van der Waals surface area (Å²) in [6.07, 6.45) is 1.53. The minimum atomic E-state index is -4.03. The molecule has 0 aliphatic heterocycles. The zero-order chi connectivity index (χ0) is 18.4. The van der Waals surface area contributed by atoms with Crippen LogP contribution in [0.5, 0.6) is 11.5 Å². The van der Waals surface area contributed by atoms with Crippen molar-refractivity contribution in [2.45, 2.75) is 19.8 Å². The van der Waals surface area contributed by atoms with Gasteiger partial charge in [0.1, 0.15) is 0 Å². The van der Waals surface area contributed by atoms with Crippen molar-refractivity contribution in [1.29, 1.82) is 0 Å². The second-order valence-electron chi connectivity index (χ2n) is 4.97. The Bertz CT molecular complexity index is 727. The second-order valence-corrected chi connectivity index (χ2v) is 8.17. The SMILES string of the molecule is CCCCOP(=O)(Oc1ccc(Cl)cc1Cl)Oc1ccc(Cl)cc1Cl. The van der Waals surface area contributed by atoms with E-state index in [-0.39, 0.29) is 28.2 Å². The summed E-state index contributed by atoms with van der Waals surface area (Å²) in [6, 6.07) is 8.98. The Labute approximate surface area is 166 Å². The first-order valence-corrected chi connectivity index (χ1v) is 10.3. The van der Waals surface area contributed by atoms with E-state index in [1.165, 1.54) is 24.3 Å². The highest BCUT2D eigenvalue weighted by Gasteiger charge is 2.32. The highest BCUT2D eigenvalue weighted by molar-refractivity contribution is 7.49. The molecule has 2 rings (SSSR count). The molecule has 0 heterocycles. The molecule has 2 aromatic rings. The minimum Gasteiger partial charge on any atom is -0.393 e. The Hall–Kier alpha value is -0.610. The van der Waals surface area contributed by atoms with Crippen LogP contribution in [0.25, 0.3) is 0 Å². The number of benzene rings is 2. The molecule has 0 aliphatic carbocycles. The molecule has 25 heavy (non-hydrogen) atoms. The number of rotatable bonds is 8. The van der Waals surface area contributed by atoms with Gasteiger partial charge in [-0.25, -0.2) is 4.57 Å². The van der Waals surface area contributed by atoms with Crippen molar-refractivity contribution in [3.8, 4) is 11.5 Å². The lowest BCUT2D eigenvalue weighted by molar-refractivity contribution is 0.207. The highest BCUT2D eigenvalue weighted by atomic mass is 35.5. The van der Waals surface area contributed by atoms with Gasteiger partial charge >= 0.3 is 7.82 Å². The van der Waals surface area contributed by atoms with Gasteiger partial charge in [0.2, 0.25) is 0 Å². The second kappa shape index (κ2) is 9.36. The third-order valence-electron chi connectivity index (χ3n) is 2.96. The molecule has 0 bridgehead atoms. The van der Waals surface area contributed by atoms with E-state index in [0.717, 1.165) is 6.42 Å². The molecule has 0 aliphatic rings. The van der Waals surface area contributed by atoms with E-state index in [0.29, 0.717) is 16.5 Å². The van der Waals surface area contributed by atoms with Gasteiger partial charge in [0, 0.05) is 10.0 Å². The van der Waals surface area contributed by atoms with Crippen molar-refractivity contribution in [3.63, 3.8) is 0 Å². The van der Waals surface area contributed by atoms with Crippen LogP contribution in [0.3, 0.4) is 0 Å². The summed E-state index contributed by atoms with van der Waals surface area (Å²) in [5.74, 6) is 0.243. The van der Waals surface area contributed by atoms with E-state index in [4.69, 9.17) is 60.0 Å². The van der Waals surface area contributed by atoms with Gasteiger partial charge in [0.05, 0.1) is 16.7 Å². The lowest BCUT2D eigenvalue weighted by atomic mass is 10.3. The lowest BCUT2D eigenvalue weighted by Crippen LogP contribution is -2.06. The van der Waals surface area contributed by atoms with Gasteiger partial charge in [-0.05, 0) is 42.8 Å². The van der Waals surface area contributed by atoms with Crippen molar-refractivity contribution < 1.29 is 18.1 Å². The van der Waals surface area contributed by atoms with Crippen molar-refractivity contribution in [3.05, 3.63) is 56.5 Å². The Morgan fingerprint density at radius 1 is 0.880 bits per heavy atom. The summed E-state index contributed by atoms with van der Waals surface area (Å²) in [5, 5.41) is 1.19. The van der Waals surface area contributed by atoms with E-state index >= 15 is 0 Å². The monoisotopic (exact) mass is 442 g/mol. The smallest absolute Gasteiger partial charge is 0.393 e.